The van der Waals surface area contributed by atoms with Crippen LogP contribution >= 0.6 is 11.6 Å². The van der Waals surface area contributed by atoms with Gasteiger partial charge in [0.05, 0.1) is 16.1 Å². The van der Waals surface area contributed by atoms with Crippen LogP contribution < -0.4 is 14.8 Å². The number of hydrogen-bond donors (Lipinski definition) is 1. The summed E-state index contributed by atoms with van der Waals surface area (Å²) in [6.07, 6.45) is 0. The van der Waals surface area contributed by atoms with Gasteiger partial charge in [-0.05, 0) is 62.6 Å². The highest BCUT2D eigenvalue weighted by Crippen LogP contribution is 2.37. The minimum Gasteiger partial charge on any atom is -0.454 e. The Morgan fingerprint density at radius 2 is 1.83 bits per heavy atom. The molecule has 126 valence electrons. The van der Waals surface area contributed by atoms with Gasteiger partial charge in [-0.2, -0.15) is 0 Å². The van der Waals surface area contributed by atoms with E-state index in [1.165, 1.54) is 0 Å². The van der Waals surface area contributed by atoms with Gasteiger partial charge in [0.1, 0.15) is 0 Å². The number of aryl methyl sites for hydroxylation is 2. The van der Waals surface area contributed by atoms with Crippen LogP contribution in [-0.4, -0.2) is 12.7 Å². The number of anilines is 1. The molecular formula is C19H20ClNO3. The maximum Gasteiger partial charge on any atom is 0.234 e. The average molecular weight is 346 g/mol. The van der Waals surface area contributed by atoms with Crippen LogP contribution in [0.5, 0.6) is 11.5 Å². The number of fused-ring (bicyclic) bond motifs is 1. The zero-order valence-corrected chi connectivity index (χ0v) is 15.0. The molecule has 1 amide bonds. The standard InChI is InChI=1S/C19H20ClNO3/c1-11-7-12(2)17(14(20)8-11)21-18(22)19(3,4)13-5-6-15-16(9-13)24-10-23-15/h5-9H,10H2,1-4H3,(H,21,22). The molecule has 0 aliphatic carbocycles. The molecule has 0 saturated carbocycles. The quantitative estimate of drug-likeness (QED) is 0.884. The van der Waals surface area contributed by atoms with Crippen LogP contribution in [0.1, 0.15) is 30.5 Å². The van der Waals surface area contributed by atoms with Crippen LogP contribution in [0.25, 0.3) is 0 Å². The fourth-order valence-corrected chi connectivity index (χ4v) is 3.13. The summed E-state index contributed by atoms with van der Waals surface area (Å²) in [6.45, 7) is 7.86. The van der Waals surface area contributed by atoms with Gasteiger partial charge in [0.25, 0.3) is 0 Å². The first-order valence-electron chi connectivity index (χ1n) is 7.77. The van der Waals surface area contributed by atoms with Gasteiger partial charge in [-0.15, -0.1) is 0 Å². The average Bonchev–Trinajstić information content (AvgIpc) is 2.97. The Bertz CT molecular complexity index is 791. The number of rotatable bonds is 3. The normalized spacial score (nSPS) is 13.0. The number of ether oxygens (including phenoxy) is 2. The largest absolute Gasteiger partial charge is 0.454 e. The summed E-state index contributed by atoms with van der Waals surface area (Å²) in [6, 6.07) is 9.41. The molecular weight excluding hydrogens is 326 g/mol. The second-order valence-electron chi connectivity index (χ2n) is 6.59. The van der Waals surface area contributed by atoms with Crippen molar-refractivity contribution in [1.29, 1.82) is 0 Å². The van der Waals surface area contributed by atoms with Crippen LogP contribution in [0.4, 0.5) is 5.69 Å². The predicted molar refractivity (Wildman–Crippen MR) is 95.1 cm³/mol. The van der Waals surface area contributed by atoms with Gasteiger partial charge in [0.15, 0.2) is 11.5 Å². The van der Waals surface area contributed by atoms with Gasteiger partial charge in [-0.1, -0.05) is 23.7 Å². The summed E-state index contributed by atoms with van der Waals surface area (Å²) in [5.74, 6) is 1.24. The highest BCUT2D eigenvalue weighted by Gasteiger charge is 2.32. The van der Waals surface area contributed by atoms with E-state index < -0.39 is 5.41 Å². The Labute approximate surface area is 146 Å². The molecule has 0 spiro atoms. The Morgan fingerprint density at radius 3 is 2.54 bits per heavy atom. The maximum absolute atomic E-state index is 12.9. The topological polar surface area (TPSA) is 47.6 Å². The van der Waals surface area contributed by atoms with E-state index >= 15 is 0 Å². The van der Waals surface area contributed by atoms with E-state index in [4.69, 9.17) is 21.1 Å². The van der Waals surface area contributed by atoms with Gasteiger partial charge in [0.2, 0.25) is 12.7 Å². The van der Waals surface area contributed by atoms with Gasteiger partial charge in [-0.3, -0.25) is 4.79 Å². The van der Waals surface area contributed by atoms with Crippen molar-refractivity contribution in [3.8, 4) is 11.5 Å². The van der Waals surface area contributed by atoms with E-state index in [2.05, 4.69) is 5.32 Å². The fourth-order valence-electron chi connectivity index (χ4n) is 2.76. The summed E-state index contributed by atoms with van der Waals surface area (Å²) in [5, 5.41) is 3.51. The highest BCUT2D eigenvalue weighted by molar-refractivity contribution is 6.34. The van der Waals surface area contributed by atoms with E-state index in [0.717, 1.165) is 16.7 Å². The molecule has 2 aromatic carbocycles. The third-order valence-electron chi connectivity index (χ3n) is 4.33. The van der Waals surface area contributed by atoms with Crippen LogP contribution in [0.2, 0.25) is 5.02 Å². The highest BCUT2D eigenvalue weighted by atomic mass is 35.5. The minimum absolute atomic E-state index is 0.129. The lowest BCUT2D eigenvalue weighted by molar-refractivity contribution is -0.120. The molecule has 1 aliphatic heterocycles. The van der Waals surface area contributed by atoms with Gasteiger partial charge in [-0.25, -0.2) is 0 Å². The van der Waals surface area contributed by atoms with Crippen molar-refractivity contribution in [2.75, 3.05) is 12.1 Å². The predicted octanol–water partition coefficient (Wildman–Crippen LogP) is 4.60. The zero-order valence-electron chi connectivity index (χ0n) is 14.2. The van der Waals surface area contributed by atoms with Crippen molar-refractivity contribution in [1.82, 2.24) is 0 Å². The zero-order chi connectivity index (χ0) is 17.5. The van der Waals surface area contributed by atoms with Crippen LogP contribution in [0.3, 0.4) is 0 Å². The number of carbonyl (C=O) groups is 1. The third kappa shape index (κ3) is 2.94. The third-order valence-corrected chi connectivity index (χ3v) is 4.63. The van der Waals surface area contributed by atoms with E-state index in [-0.39, 0.29) is 12.7 Å². The van der Waals surface area contributed by atoms with Gasteiger partial charge >= 0.3 is 0 Å². The van der Waals surface area contributed by atoms with Crippen molar-refractivity contribution in [2.45, 2.75) is 33.1 Å². The van der Waals surface area contributed by atoms with E-state index in [9.17, 15) is 4.79 Å². The lowest BCUT2D eigenvalue weighted by Crippen LogP contribution is -2.35. The SMILES string of the molecule is Cc1cc(C)c(NC(=O)C(C)(C)c2ccc3c(c2)OCO3)c(Cl)c1. The molecule has 1 heterocycles. The Balaban J connectivity index is 1.89. The molecule has 5 heteroatoms. The molecule has 0 bridgehead atoms. The summed E-state index contributed by atoms with van der Waals surface area (Å²) in [7, 11) is 0. The molecule has 0 fully saturated rings. The van der Waals surface area contributed by atoms with Crippen molar-refractivity contribution in [2.24, 2.45) is 0 Å². The van der Waals surface area contributed by atoms with Crippen LogP contribution in [0, 0.1) is 13.8 Å². The Kier molecular flexibility index (Phi) is 4.18. The molecule has 2 aromatic rings. The lowest BCUT2D eigenvalue weighted by Gasteiger charge is -2.25. The summed E-state index contributed by atoms with van der Waals surface area (Å²) in [4.78, 5) is 12.9. The molecule has 0 unspecified atom stereocenters. The second-order valence-corrected chi connectivity index (χ2v) is 6.99. The molecule has 1 N–H and O–H groups in total. The van der Waals surface area contributed by atoms with Gasteiger partial charge in [0, 0.05) is 0 Å². The number of nitrogens with one attached hydrogen (secondary N) is 1. The number of benzene rings is 2. The lowest BCUT2D eigenvalue weighted by atomic mass is 9.83. The molecule has 3 rings (SSSR count). The number of hydrogen-bond acceptors (Lipinski definition) is 3. The molecule has 0 saturated heterocycles. The Morgan fingerprint density at radius 1 is 1.12 bits per heavy atom. The number of halogens is 1. The van der Waals surface area contributed by atoms with Crippen LogP contribution in [-0.2, 0) is 10.2 Å². The molecule has 24 heavy (non-hydrogen) atoms. The molecule has 0 radical (unpaired) electrons. The first-order valence-corrected chi connectivity index (χ1v) is 8.15. The number of amides is 1. The summed E-state index contributed by atoms with van der Waals surface area (Å²) >= 11 is 6.30. The van der Waals surface area contributed by atoms with Crippen molar-refractivity contribution < 1.29 is 14.3 Å². The van der Waals surface area contributed by atoms with Crippen molar-refractivity contribution >= 4 is 23.2 Å². The maximum atomic E-state index is 12.9. The molecule has 1 aliphatic rings. The Hall–Kier alpha value is -2.20. The van der Waals surface area contributed by atoms with E-state index in [1.807, 2.05) is 58.0 Å². The monoisotopic (exact) mass is 345 g/mol. The second kappa shape index (κ2) is 6.02. The van der Waals surface area contributed by atoms with E-state index in [0.29, 0.717) is 22.2 Å². The minimum atomic E-state index is -0.748. The first-order chi connectivity index (χ1) is 11.3. The molecule has 4 nitrogen and oxygen atoms in total. The molecule has 0 aromatic heterocycles. The van der Waals surface area contributed by atoms with Gasteiger partial charge < -0.3 is 14.8 Å². The summed E-state index contributed by atoms with van der Waals surface area (Å²) < 4.78 is 10.7. The fraction of sp³-hybridized carbons (Fsp3) is 0.316. The smallest absolute Gasteiger partial charge is 0.234 e. The van der Waals surface area contributed by atoms with Crippen molar-refractivity contribution in [3.05, 3.63) is 52.0 Å². The summed E-state index contributed by atoms with van der Waals surface area (Å²) in [5.41, 5.74) is 2.76. The number of carbonyl (C=O) groups excluding carboxylic acids is 1. The first kappa shape index (κ1) is 16.7. The molecule has 0 atom stereocenters. The van der Waals surface area contributed by atoms with Crippen molar-refractivity contribution in [3.63, 3.8) is 0 Å². The van der Waals surface area contributed by atoms with Crippen LogP contribution in [0.15, 0.2) is 30.3 Å². The van der Waals surface area contributed by atoms with E-state index in [1.54, 1.807) is 0 Å².